The third-order valence-electron chi connectivity index (χ3n) is 4.43. The van der Waals surface area contributed by atoms with Gasteiger partial charge in [-0.15, -0.1) is 0 Å². The second kappa shape index (κ2) is 13.6. The van der Waals surface area contributed by atoms with Crippen molar-refractivity contribution in [1.29, 1.82) is 0 Å². The second-order valence-corrected chi connectivity index (χ2v) is 7.90. The van der Waals surface area contributed by atoms with Crippen molar-refractivity contribution in [3.63, 3.8) is 0 Å². The molecule has 0 aromatic rings. The summed E-state index contributed by atoms with van der Waals surface area (Å²) in [5, 5.41) is 19.0. The zero-order valence-electron chi connectivity index (χ0n) is 16.5. The van der Waals surface area contributed by atoms with Crippen LogP contribution in [0.2, 0.25) is 0 Å². The van der Waals surface area contributed by atoms with Crippen molar-refractivity contribution in [2.45, 2.75) is 82.8 Å². The van der Waals surface area contributed by atoms with E-state index in [4.69, 9.17) is 0 Å². The SMILES string of the molecule is CCCCCCC(C(=O)O)C(CCCCCC)(C(=O)O)S(=O)(=O)O.[H-].[K+]. The van der Waals surface area contributed by atoms with E-state index in [9.17, 15) is 32.8 Å². The van der Waals surface area contributed by atoms with Gasteiger partial charge in [-0.25, -0.2) is 0 Å². The van der Waals surface area contributed by atoms with Gasteiger partial charge in [-0.1, -0.05) is 65.2 Å². The van der Waals surface area contributed by atoms with Crippen molar-refractivity contribution in [2.24, 2.45) is 5.92 Å². The van der Waals surface area contributed by atoms with Gasteiger partial charge in [0.2, 0.25) is 4.75 Å². The predicted octanol–water partition coefficient (Wildman–Crippen LogP) is 0.456. The number of aliphatic carboxylic acids is 2. The minimum atomic E-state index is -5.08. The molecule has 0 aliphatic rings. The average Bonchev–Trinajstić information content (AvgIpc) is 2.46. The number of hydrogen-bond donors (Lipinski definition) is 3. The van der Waals surface area contributed by atoms with Gasteiger partial charge in [-0.2, -0.15) is 8.42 Å². The van der Waals surface area contributed by atoms with Gasteiger partial charge in [-0.05, 0) is 12.8 Å². The Morgan fingerprint density at radius 2 is 1.44 bits per heavy atom. The molecule has 7 nitrogen and oxygen atoms in total. The zero-order chi connectivity index (χ0) is 18.8. The molecule has 0 saturated heterocycles. The summed E-state index contributed by atoms with van der Waals surface area (Å²) >= 11 is 0. The van der Waals surface area contributed by atoms with E-state index in [-0.39, 0.29) is 65.7 Å². The second-order valence-electron chi connectivity index (χ2n) is 6.22. The fourth-order valence-corrected chi connectivity index (χ4v) is 4.20. The fourth-order valence-electron chi connectivity index (χ4n) is 3.00. The van der Waals surface area contributed by atoms with Gasteiger partial charge in [-0.3, -0.25) is 14.1 Å². The topological polar surface area (TPSA) is 129 Å². The monoisotopic (exact) mass is 406 g/mol. The standard InChI is InChI=1S/C16H30O7S.K.H/c1-3-5-7-9-11-13(14(17)18)16(15(19)20,24(21,22)23)12-10-8-6-4-2;;/h13H,3-12H2,1-2H3,(H,17,18)(H,19,20)(H,21,22,23);;/q;+1;-1. The predicted molar refractivity (Wildman–Crippen MR) is 91.7 cm³/mol. The van der Waals surface area contributed by atoms with E-state index in [0.29, 0.717) is 19.3 Å². The van der Waals surface area contributed by atoms with E-state index in [0.717, 1.165) is 25.7 Å². The first-order valence-electron chi connectivity index (χ1n) is 8.58. The maximum Gasteiger partial charge on any atom is 1.00 e. The summed E-state index contributed by atoms with van der Waals surface area (Å²) in [6.07, 6.45) is 4.86. The molecule has 2 atom stereocenters. The van der Waals surface area contributed by atoms with Crippen LogP contribution in [0, 0.1) is 5.92 Å². The van der Waals surface area contributed by atoms with Crippen LogP contribution in [-0.4, -0.2) is 39.9 Å². The average molecular weight is 407 g/mol. The normalized spacial score (nSPS) is 15.0. The van der Waals surface area contributed by atoms with Gasteiger partial charge in [0, 0.05) is 0 Å². The van der Waals surface area contributed by atoms with Gasteiger partial charge in [0.25, 0.3) is 10.1 Å². The van der Waals surface area contributed by atoms with Crippen LogP contribution in [0.4, 0.5) is 0 Å². The summed E-state index contributed by atoms with van der Waals surface area (Å²) in [6.45, 7) is 3.92. The molecule has 144 valence electrons. The first-order chi connectivity index (χ1) is 11.1. The van der Waals surface area contributed by atoms with E-state index in [1.807, 2.05) is 13.8 Å². The molecule has 0 spiro atoms. The quantitative estimate of drug-likeness (QED) is 0.217. The van der Waals surface area contributed by atoms with Crippen molar-refractivity contribution >= 4 is 22.1 Å². The molecule has 0 heterocycles. The molecule has 3 N–H and O–H groups in total. The number of unbranched alkanes of at least 4 members (excludes halogenated alkanes) is 6. The summed E-state index contributed by atoms with van der Waals surface area (Å²) in [6, 6.07) is 0. The van der Waals surface area contributed by atoms with Crippen LogP contribution >= 0.6 is 0 Å². The molecule has 0 rings (SSSR count). The molecule has 0 saturated carbocycles. The van der Waals surface area contributed by atoms with Crippen molar-refractivity contribution in [3.05, 3.63) is 0 Å². The summed E-state index contributed by atoms with van der Waals surface area (Å²) in [4.78, 5) is 23.4. The van der Waals surface area contributed by atoms with Crippen molar-refractivity contribution in [2.75, 3.05) is 0 Å². The molecule has 0 aliphatic heterocycles. The van der Waals surface area contributed by atoms with Crippen molar-refractivity contribution < 1.29 is 85.6 Å². The Balaban J connectivity index is -0.00000264. The van der Waals surface area contributed by atoms with Gasteiger partial charge >= 0.3 is 63.3 Å². The molecule has 0 amide bonds. The Hall–Kier alpha value is 0.486. The Labute approximate surface area is 194 Å². The van der Waals surface area contributed by atoms with Crippen molar-refractivity contribution in [3.8, 4) is 0 Å². The Morgan fingerprint density at radius 1 is 0.960 bits per heavy atom. The van der Waals surface area contributed by atoms with Crippen LogP contribution in [0.5, 0.6) is 0 Å². The van der Waals surface area contributed by atoms with E-state index in [2.05, 4.69) is 0 Å². The molecule has 0 bridgehead atoms. The minimum absolute atomic E-state index is 0. The molecule has 0 aromatic carbocycles. The van der Waals surface area contributed by atoms with Gasteiger partial charge in [0.05, 0.1) is 5.92 Å². The summed E-state index contributed by atoms with van der Waals surface area (Å²) < 4.78 is 30.7. The summed E-state index contributed by atoms with van der Waals surface area (Å²) in [7, 11) is -5.08. The van der Waals surface area contributed by atoms with E-state index >= 15 is 0 Å². The molecule has 0 aliphatic carbocycles. The molecule has 25 heavy (non-hydrogen) atoms. The minimum Gasteiger partial charge on any atom is -1.00 e. The maximum absolute atomic E-state index is 11.9. The molecule has 0 fully saturated rings. The third-order valence-corrected chi connectivity index (χ3v) is 6.02. The molecular weight excluding hydrogens is 375 g/mol. The molecule has 9 heteroatoms. The van der Waals surface area contributed by atoms with Crippen LogP contribution in [-0.2, 0) is 19.7 Å². The Morgan fingerprint density at radius 3 is 1.80 bits per heavy atom. The molecule has 0 radical (unpaired) electrons. The van der Waals surface area contributed by atoms with E-state index in [1.54, 1.807) is 0 Å². The van der Waals surface area contributed by atoms with Gasteiger partial charge in [0.1, 0.15) is 0 Å². The third kappa shape index (κ3) is 8.36. The maximum atomic E-state index is 11.9. The first-order valence-corrected chi connectivity index (χ1v) is 10.0. The Bertz CT molecular complexity index is 513. The Kier molecular flexibility index (Phi) is 15.1. The number of rotatable bonds is 14. The first kappa shape index (κ1) is 27.7. The van der Waals surface area contributed by atoms with Crippen molar-refractivity contribution in [1.82, 2.24) is 0 Å². The number of hydrogen-bond acceptors (Lipinski definition) is 4. The largest absolute Gasteiger partial charge is 1.00 e. The molecule has 0 aromatic heterocycles. The van der Waals surface area contributed by atoms with Crippen LogP contribution in [0.1, 0.15) is 79.5 Å². The molecule has 2 unspecified atom stereocenters. The smallest absolute Gasteiger partial charge is 1.00 e. The van der Waals surface area contributed by atoms with Gasteiger partial charge < -0.3 is 11.6 Å². The fraction of sp³-hybridized carbons (Fsp3) is 0.875. The van der Waals surface area contributed by atoms with Crippen LogP contribution in [0.3, 0.4) is 0 Å². The summed E-state index contributed by atoms with van der Waals surface area (Å²) in [5.74, 6) is -4.95. The summed E-state index contributed by atoms with van der Waals surface area (Å²) in [5.41, 5.74) is 0. The molecular formula is C16H31KO7S. The van der Waals surface area contributed by atoms with Crippen LogP contribution < -0.4 is 51.4 Å². The number of carboxylic acids is 2. The van der Waals surface area contributed by atoms with Gasteiger partial charge in [0.15, 0.2) is 0 Å². The van der Waals surface area contributed by atoms with Crippen LogP contribution in [0.25, 0.3) is 0 Å². The number of carboxylic acid groups (broad SMARTS) is 2. The zero-order valence-corrected chi connectivity index (χ0v) is 19.5. The number of carbonyl (C=O) groups is 2. The van der Waals surface area contributed by atoms with E-state index in [1.165, 1.54) is 0 Å². The van der Waals surface area contributed by atoms with Crippen LogP contribution in [0.15, 0.2) is 0 Å². The van der Waals surface area contributed by atoms with E-state index < -0.39 is 39.1 Å².